The number of hydrogen-bond acceptors (Lipinski definition) is 3. The average molecular weight is 256 g/mol. The summed E-state index contributed by atoms with van der Waals surface area (Å²) in [5.41, 5.74) is -0.777. The van der Waals surface area contributed by atoms with Crippen molar-refractivity contribution >= 4 is 5.97 Å². The molecule has 0 aliphatic carbocycles. The van der Waals surface area contributed by atoms with Crippen LogP contribution in [-0.2, 0) is 4.79 Å². The smallest absolute Gasteiger partial charge is 0.323 e. The van der Waals surface area contributed by atoms with E-state index < -0.39 is 11.5 Å². The molecule has 0 radical (unpaired) electrons. The van der Waals surface area contributed by atoms with E-state index in [1.54, 1.807) is 6.92 Å². The van der Waals surface area contributed by atoms with Gasteiger partial charge >= 0.3 is 5.97 Å². The zero-order valence-corrected chi connectivity index (χ0v) is 12.0. The molecule has 1 saturated heterocycles. The third-order valence-corrected chi connectivity index (χ3v) is 4.11. The van der Waals surface area contributed by atoms with Crippen molar-refractivity contribution in [3.8, 4) is 0 Å². The Labute approximate surface area is 111 Å². The number of carboxylic acids is 1. The fraction of sp³-hybridized carbons (Fsp3) is 0.929. The van der Waals surface area contributed by atoms with Gasteiger partial charge in [0.05, 0.1) is 0 Å². The van der Waals surface area contributed by atoms with Crippen molar-refractivity contribution < 1.29 is 9.90 Å². The molecular weight excluding hydrogens is 228 g/mol. The van der Waals surface area contributed by atoms with Gasteiger partial charge in [0, 0.05) is 13.1 Å². The summed E-state index contributed by atoms with van der Waals surface area (Å²) < 4.78 is 0. The minimum Gasteiger partial charge on any atom is -0.480 e. The van der Waals surface area contributed by atoms with Gasteiger partial charge in [-0.15, -0.1) is 0 Å². The van der Waals surface area contributed by atoms with E-state index in [1.807, 2.05) is 0 Å². The van der Waals surface area contributed by atoms with Gasteiger partial charge in [0.15, 0.2) is 0 Å². The zero-order chi connectivity index (χ0) is 13.6. The number of carbonyl (C=O) groups is 1. The maximum Gasteiger partial charge on any atom is 0.323 e. The molecule has 0 amide bonds. The molecule has 1 fully saturated rings. The molecule has 0 aromatic heterocycles. The molecule has 1 rings (SSSR count). The molecule has 106 valence electrons. The molecule has 1 heterocycles. The molecule has 0 aromatic rings. The molecule has 0 bridgehead atoms. The molecule has 1 aliphatic rings. The van der Waals surface area contributed by atoms with Crippen molar-refractivity contribution in [3.63, 3.8) is 0 Å². The van der Waals surface area contributed by atoms with Crippen molar-refractivity contribution in [3.05, 3.63) is 0 Å². The van der Waals surface area contributed by atoms with Gasteiger partial charge in [0.1, 0.15) is 5.54 Å². The molecule has 0 saturated carbocycles. The van der Waals surface area contributed by atoms with E-state index in [9.17, 15) is 9.90 Å². The fourth-order valence-corrected chi connectivity index (χ4v) is 2.50. The molecule has 1 aliphatic heterocycles. The number of nitrogens with one attached hydrogen (secondary N) is 1. The van der Waals surface area contributed by atoms with Crippen LogP contribution in [0.4, 0.5) is 0 Å². The Morgan fingerprint density at radius 3 is 2.72 bits per heavy atom. The van der Waals surface area contributed by atoms with E-state index in [1.165, 1.54) is 12.8 Å². The van der Waals surface area contributed by atoms with Crippen LogP contribution in [-0.4, -0.2) is 47.7 Å². The van der Waals surface area contributed by atoms with E-state index in [0.717, 1.165) is 38.5 Å². The van der Waals surface area contributed by atoms with E-state index in [0.29, 0.717) is 6.42 Å². The summed E-state index contributed by atoms with van der Waals surface area (Å²) in [6, 6.07) is 0. The van der Waals surface area contributed by atoms with Crippen molar-refractivity contribution in [1.29, 1.82) is 0 Å². The number of likely N-dealkylation sites (tertiary alicyclic amines) is 1. The lowest BCUT2D eigenvalue weighted by Crippen LogP contribution is -2.51. The molecule has 2 unspecified atom stereocenters. The maximum atomic E-state index is 11.4. The summed E-state index contributed by atoms with van der Waals surface area (Å²) in [4.78, 5) is 13.8. The highest BCUT2D eigenvalue weighted by Gasteiger charge is 2.33. The summed E-state index contributed by atoms with van der Waals surface area (Å²) in [6.45, 7) is 10.0. The number of aliphatic carboxylic acids is 1. The lowest BCUT2D eigenvalue weighted by Gasteiger charge is -2.28. The number of nitrogens with zero attached hydrogens (tertiary/aromatic N) is 1. The lowest BCUT2D eigenvalue weighted by molar-refractivity contribution is -0.144. The summed E-state index contributed by atoms with van der Waals surface area (Å²) in [6.07, 6.45) is 4.15. The topological polar surface area (TPSA) is 52.6 Å². The lowest BCUT2D eigenvalue weighted by atomic mass is 9.97. The predicted octanol–water partition coefficient (Wildman–Crippen LogP) is 1.95. The average Bonchev–Trinajstić information content (AvgIpc) is 2.81. The first-order valence-electron chi connectivity index (χ1n) is 7.22. The summed E-state index contributed by atoms with van der Waals surface area (Å²) in [7, 11) is 0. The molecule has 2 atom stereocenters. The first-order chi connectivity index (χ1) is 8.51. The highest BCUT2D eigenvalue weighted by Crippen LogP contribution is 2.21. The van der Waals surface area contributed by atoms with Crippen molar-refractivity contribution in [2.75, 3.05) is 26.2 Å². The second kappa shape index (κ2) is 7.10. The van der Waals surface area contributed by atoms with Crippen LogP contribution in [0.3, 0.4) is 0 Å². The van der Waals surface area contributed by atoms with Crippen LogP contribution in [0, 0.1) is 5.92 Å². The van der Waals surface area contributed by atoms with Crippen LogP contribution in [0.1, 0.15) is 46.5 Å². The largest absolute Gasteiger partial charge is 0.480 e. The Hall–Kier alpha value is -0.610. The second-order valence-corrected chi connectivity index (χ2v) is 5.68. The van der Waals surface area contributed by atoms with Crippen molar-refractivity contribution in [2.24, 2.45) is 5.92 Å². The van der Waals surface area contributed by atoms with E-state index in [4.69, 9.17) is 0 Å². The Balaban J connectivity index is 2.40. The van der Waals surface area contributed by atoms with Gasteiger partial charge in [0.25, 0.3) is 0 Å². The van der Waals surface area contributed by atoms with Crippen molar-refractivity contribution in [1.82, 2.24) is 10.2 Å². The maximum absolute atomic E-state index is 11.4. The van der Waals surface area contributed by atoms with E-state index in [2.05, 4.69) is 24.1 Å². The molecule has 0 aromatic carbocycles. The molecular formula is C14H28N2O2. The first kappa shape index (κ1) is 15.4. The summed E-state index contributed by atoms with van der Waals surface area (Å²) in [5.74, 6) is 0.0758. The van der Waals surface area contributed by atoms with Crippen LogP contribution in [0.2, 0.25) is 0 Å². The van der Waals surface area contributed by atoms with Gasteiger partial charge in [-0.1, -0.05) is 20.3 Å². The van der Waals surface area contributed by atoms with Gasteiger partial charge < -0.3 is 15.3 Å². The van der Waals surface area contributed by atoms with Crippen LogP contribution in [0.5, 0.6) is 0 Å². The SMILES string of the molecule is CCCNC(C)(CCN1CCC(CC)C1)C(=O)O. The van der Waals surface area contributed by atoms with Crippen molar-refractivity contribution in [2.45, 2.75) is 52.0 Å². The van der Waals surface area contributed by atoms with E-state index >= 15 is 0 Å². The Morgan fingerprint density at radius 2 is 2.22 bits per heavy atom. The minimum atomic E-state index is -0.777. The summed E-state index contributed by atoms with van der Waals surface area (Å²) in [5, 5.41) is 12.5. The standard InChI is InChI=1S/C14H28N2O2/c1-4-8-15-14(3,13(17)18)7-10-16-9-6-12(5-2)11-16/h12,15H,4-11H2,1-3H3,(H,17,18). The fourth-order valence-electron chi connectivity index (χ4n) is 2.50. The molecule has 4 heteroatoms. The number of rotatable bonds is 8. The third kappa shape index (κ3) is 4.25. The van der Waals surface area contributed by atoms with E-state index in [-0.39, 0.29) is 0 Å². The van der Waals surface area contributed by atoms with Crippen LogP contribution < -0.4 is 5.32 Å². The highest BCUT2D eigenvalue weighted by molar-refractivity contribution is 5.78. The molecule has 0 spiro atoms. The molecule has 4 nitrogen and oxygen atoms in total. The monoisotopic (exact) mass is 256 g/mol. The number of carboxylic acid groups (broad SMARTS) is 1. The second-order valence-electron chi connectivity index (χ2n) is 5.68. The normalized spacial score (nSPS) is 24.1. The predicted molar refractivity (Wildman–Crippen MR) is 73.8 cm³/mol. The van der Waals surface area contributed by atoms with Crippen LogP contribution in [0.25, 0.3) is 0 Å². The van der Waals surface area contributed by atoms with Gasteiger partial charge in [-0.3, -0.25) is 4.79 Å². The van der Waals surface area contributed by atoms with Gasteiger partial charge in [-0.25, -0.2) is 0 Å². The van der Waals surface area contributed by atoms with Gasteiger partial charge in [-0.05, 0) is 45.2 Å². The molecule has 18 heavy (non-hydrogen) atoms. The first-order valence-corrected chi connectivity index (χ1v) is 7.22. The van der Waals surface area contributed by atoms with Crippen LogP contribution >= 0.6 is 0 Å². The number of hydrogen-bond donors (Lipinski definition) is 2. The molecule has 2 N–H and O–H groups in total. The Bertz CT molecular complexity index is 271. The van der Waals surface area contributed by atoms with Crippen LogP contribution in [0.15, 0.2) is 0 Å². The van der Waals surface area contributed by atoms with Gasteiger partial charge in [-0.2, -0.15) is 0 Å². The zero-order valence-electron chi connectivity index (χ0n) is 12.0. The third-order valence-electron chi connectivity index (χ3n) is 4.11. The Morgan fingerprint density at radius 1 is 1.50 bits per heavy atom. The quantitative estimate of drug-likeness (QED) is 0.697. The minimum absolute atomic E-state index is 0.679. The van der Waals surface area contributed by atoms with Gasteiger partial charge in [0.2, 0.25) is 0 Å². The summed E-state index contributed by atoms with van der Waals surface area (Å²) >= 11 is 0. The Kier molecular flexibility index (Phi) is 6.09. The highest BCUT2D eigenvalue weighted by atomic mass is 16.4.